The number of hydrogen-bond donors (Lipinski definition) is 5. The summed E-state index contributed by atoms with van der Waals surface area (Å²) in [6, 6.07) is 0. The van der Waals surface area contributed by atoms with Crippen LogP contribution in [0.4, 0.5) is 4.79 Å². The summed E-state index contributed by atoms with van der Waals surface area (Å²) in [6.07, 6.45) is 0.902. The molecule has 15 heavy (non-hydrogen) atoms. The molecule has 0 fully saturated rings. The number of thiol groups is 4. The molecule has 1 amide bonds. The largest absolute Gasteiger partial charge is 0.449 e. The Morgan fingerprint density at radius 2 is 1.67 bits per heavy atom. The van der Waals surface area contributed by atoms with Gasteiger partial charge in [-0.1, -0.05) is 0 Å². The van der Waals surface area contributed by atoms with Gasteiger partial charge in [-0.15, -0.1) is 0 Å². The first-order chi connectivity index (χ1) is 6.52. The van der Waals surface area contributed by atoms with E-state index in [1.165, 1.54) is 0 Å². The van der Waals surface area contributed by atoms with E-state index >= 15 is 0 Å². The molecule has 0 aliphatic rings. The standard InChI is InChI=1S/C7H15NO2S4.Cu/c9-7(8-3-1-5(11)12)10-4-2-6(13)14;/h5-6,11-14H,1-4H2,(H,8,9);. The van der Waals surface area contributed by atoms with Gasteiger partial charge in [-0.3, -0.25) is 0 Å². The average molecular weight is 337 g/mol. The van der Waals surface area contributed by atoms with Crippen LogP contribution in [0.15, 0.2) is 0 Å². The smallest absolute Gasteiger partial charge is 0.407 e. The second-order valence-electron chi connectivity index (χ2n) is 2.60. The van der Waals surface area contributed by atoms with E-state index in [1.807, 2.05) is 0 Å². The number of ether oxygens (including phenoxy) is 1. The van der Waals surface area contributed by atoms with Gasteiger partial charge in [0, 0.05) is 39.2 Å². The van der Waals surface area contributed by atoms with E-state index < -0.39 is 6.09 Å². The van der Waals surface area contributed by atoms with Crippen molar-refractivity contribution in [3.05, 3.63) is 0 Å². The summed E-state index contributed by atoms with van der Waals surface area (Å²) in [7, 11) is 0. The number of rotatable bonds is 6. The Labute approximate surface area is 123 Å². The molecule has 0 spiro atoms. The third-order valence-electron chi connectivity index (χ3n) is 1.28. The van der Waals surface area contributed by atoms with Crippen molar-refractivity contribution in [2.45, 2.75) is 22.0 Å². The first kappa shape index (κ1) is 18.6. The summed E-state index contributed by atoms with van der Waals surface area (Å²) in [4.78, 5) is 11.0. The maximum Gasteiger partial charge on any atom is 0.407 e. The Morgan fingerprint density at radius 1 is 1.13 bits per heavy atom. The first-order valence-corrected chi connectivity index (χ1v) is 6.22. The molecule has 1 radical (unpaired) electrons. The zero-order valence-corrected chi connectivity index (χ0v) is 12.4. The fourth-order valence-electron chi connectivity index (χ4n) is 0.611. The Balaban J connectivity index is 0. The quantitative estimate of drug-likeness (QED) is 0.292. The number of alkyl carbamates (subject to hydrolysis) is 1. The maximum atomic E-state index is 11.0. The molecule has 0 unspecified atom stereocenters. The van der Waals surface area contributed by atoms with Crippen LogP contribution in [-0.4, -0.2) is 28.4 Å². The van der Waals surface area contributed by atoms with Crippen molar-refractivity contribution in [3.8, 4) is 0 Å². The molecule has 0 saturated heterocycles. The molecular formula is C7H15CuNO2S4. The number of carbonyl (C=O) groups excluding carboxylic acids is 1. The van der Waals surface area contributed by atoms with Gasteiger partial charge in [-0.05, 0) is 6.42 Å². The molecule has 0 atom stereocenters. The number of nitrogens with one attached hydrogen (secondary N) is 1. The first-order valence-electron chi connectivity index (χ1n) is 4.15. The number of amides is 1. The molecule has 3 nitrogen and oxygen atoms in total. The monoisotopic (exact) mass is 336 g/mol. The van der Waals surface area contributed by atoms with Gasteiger partial charge < -0.3 is 10.1 Å². The van der Waals surface area contributed by atoms with Crippen LogP contribution in [0.2, 0.25) is 0 Å². The zero-order chi connectivity index (χ0) is 11.0. The molecule has 95 valence electrons. The van der Waals surface area contributed by atoms with E-state index in [0.29, 0.717) is 26.0 Å². The third-order valence-corrected chi connectivity index (χ3v) is 2.31. The summed E-state index contributed by atoms with van der Waals surface area (Å²) in [5, 5.41) is 2.58. The van der Waals surface area contributed by atoms with Gasteiger partial charge in [0.2, 0.25) is 0 Å². The zero-order valence-electron chi connectivity index (χ0n) is 7.89. The van der Waals surface area contributed by atoms with E-state index in [2.05, 4.69) is 55.8 Å². The van der Waals surface area contributed by atoms with Crippen molar-refractivity contribution in [1.29, 1.82) is 0 Å². The molecule has 0 aromatic rings. The summed E-state index contributed by atoms with van der Waals surface area (Å²) < 4.78 is 4.76. The van der Waals surface area contributed by atoms with Gasteiger partial charge >= 0.3 is 6.09 Å². The Kier molecular flexibility index (Phi) is 14.4. The molecule has 0 heterocycles. The Hall–Kier alpha value is 1.19. The summed E-state index contributed by atoms with van der Waals surface area (Å²) >= 11 is 16.2. The molecule has 0 bridgehead atoms. The fourth-order valence-corrected chi connectivity index (χ4v) is 1.08. The topological polar surface area (TPSA) is 38.3 Å². The summed E-state index contributed by atoms with van der Waals surface area (Å²) in [6.45, 7) is 0.844. The van der Waals surface area contributed by atoms with Crippen LogP contribution < -0.4 is 5.32 Å². The van der Waals surface area contributed by atoms with Gasteiger partial charge in [0.15, 0.2) is 0 Å². The van der Waals surface area contributed by atoms with Crippen LogP contribution in [-0.2, 0) is 21.8 Å². The van der Waals surface area contributed by atoms with Gasteiger partial charge in [-0.2, -0.15) is 50.5 Å². The summed E-state index contributed by atoms with van der Waals surface area (Å²) in [5.41, 5.74) is 0. The third kappa shape index (κ3) is 15.2. The van der Waals surface area contributed by atoms with E-state index in [1.54, 1.807) is 0 Å². The molecule has 0 rings (SSSR count). The van der Waals surface area contributed by atoms with E-state index in [9.17, 15) is 4.79 Å². The summed E-state index contributed by atoms with van der Waals surface area (Å²) in [5.74, 6) is 0. The molecule has 0 aromatic heterocycles. The van der Waals surface area contributed by atoms with Crippen LogP contribution in [0.25, 0.3) is 0 Å². The SMILES string of the molecule is O=C(NCCC(S)S)OCCC(S)S.[Cu]. The van der Waals surface area contributed by atoms with Crippen LogP contribution in [0, 0.1) is 0 Å². The Bertz CT molecular complexity index is 155. The van der Waals surface area contributed by atoms with Crippen LogP contribution in [0.1, 0.15) is 12.8 Å². The van der Waals surface area contributed by atoms with Crippen molar-refractivity contribution >= 4 is 56.6 Å². The van der Waals surface area contributed by atoms with E-state index in [-0.39, 0.29) is 26.2 Å². The minimum Gasteiger partial charge on any atom is -0.449 e. The minimum absolute atomic E-state index is 0. The van der Waals surface area contributed by atoms with E-state index in [4.69, 9.17) is 4.74 Å². The van der Waals surface area contributed by atoms with Crippen LogP contribution >= 0.6 is 50.5 Å². The second-order valence-corrected chi connectivity index (χ2v) is 5.91. The van der Waals surface area contributed by atoms with Gasteiger partial charge in [-0.25, -0.2) is 4.79 Å². The van der Waals surface area contributed by atoms with Crippen molar-refractivity contribution in [1.82, 2.24) is 5.32 Å². The van der Waals surface area contributed by atoms with Gasteiger partial charge in [0.1, 0.15) is 0 Å². The van der Waals surface area contributed by atoms with Gasteiger partial charge in [0.05, 0.1) is 6.61 Å². The molecule has 0 saturated carbocycles. The van der Waals surface area contributed by atoms with Crippen molar-refractivity contribution in [3.63, 3.8) is 0 Å². The van der Waals surface area contributed by atoms with Gasteiger partial charge in [0.25, 0.3) is 0 Å². The predicted octanol–water partition coefficient (Wildman–Crippen LogP) is 1.86. The van der Waals surface area contributed by atoms with Crippen LogP contribution in [0.5, 0.6) is 0 Å². The fraction of sp³-hybridized carbons (Fsp3) is 0.857. The number of hydrogen-bond acceptors (Lipinski definition) is 6. The number of carbonyl (C=O) groups is 1. The molecular weight excluding hydrogens is 322 g/mol. The molecule has 8 heteroatoms. The normalized spacial score (nSPS) is 10.0. The Morgan fingerprint density at radius 3 is 2.13 bits per heavy atom. The second kappa shape index (κ2) is 11.7. The maximum absolute atomic E-state index is 11.0. The van der Waals surface area contributed by atoms with Crippen molar-refractivity contribution < 1.29 is 26.6 Å². The van der Waals surface area contributed by atoms with Crippen molar-refractivity contribution in [2.75, 3.05) is 13.2 Å². The molecule has 0 aromatic carbocycles. The van der Waals surface area contributed by atoms with E-state index in [0.717, 1.165) is 0 Å². The molecule has 0 aliphatic heterocycles. The predicted molar refractivity (Wildman–Crippen MR) is 72.1 cm³/mol. The minimum atomic E-state index is -0.422. The molecule has 1 N–H and O–H groups in total. The average Bonchev–Trinajstić information content (AvgIpc) is 2.02. The van der Waals surface area contributed by atoms with Crippen molar-refractivity contribution in [2.24, 2.45) is 0 Å². The van der Waals surface area contributed by atoms with Crippen LogP contribution in [0.3, 0.4) is 0 Å². The molecule has 0 aliphatic carbocycles.